The molecule has 1 heterocycles. The van der Waals surface area contributed by atoms with Gasteiger partial charge in [0.05, 0.1) is 17.6 Å². The molecule has 7 heteroatoms. The van der Waals surface area contributed by atoms with Gasteiger partial charge in [-0.05, 0) is 13.8 Å². The van der Waals surface area contributed by atoms with Crippen LogP contribution in [0.5, 0.6) is 0 Å². The molecule has 18 heavy (non-hydrogen) atoms. The highest BCUT2D eigenvalue weighted by molar-refractivity contribution is 5.77. The summed E-state index contributed by atoms with van der Waals surface area (Å²) in [5.41, 5.74) is -1.76. The molecular weight excluding hydrogens is 240 g/mol. The molecule has 104 valence electrons. The van der Waals surface area contributed by atoms with E-state index in [9.17, 15) is 14.7 Å². The molecule has 1 rings (SSSR count). The van der Waals surface area contributed by atoms with E-state index in [4.69, 9.17) is 9.84 Å². The lowest BCUT2D eigenvalue weighted by Crippen LogP contribution is -2.59. The minimum absolute atomic E-state index is 0.0959. The number of nitrogens with one attached hydrogen (secondary N) is 2. The molecule has 1 atom stereocenters. The largest absolute Gasteiger partial charge is 0.481 e. The van der Waals surface area contributed by atoms with Gasteiger partial charge in [-0.15, -0.1) is 0 Å². The lowest BCUT2D eigenvalue weighted by atomic mass is 10.0. The molecule has 1 amide bonds. The first-order valence-corrected chi connectivity index (χ1v) is 5.78. The van der Waals surface area contributed by atoms with Gasteiger partial charge in [0.25, 0.3) is 0 Å². The maximum absolute atomic E-state index is 11.4. The van der Waals surface area contributed by atoms with Crippen molar-refractivity contribution in [2.24, 2.45) is 0 Å². The predicted octanol–water partition coefficient (Wildman–Crippen LogP) is -1.29. The Morgan fingerprint density at radius 1 is 1.50 bits per heavy atom. The standard InChI is InChI=1S/C11H20N2O5/c1-10(17,3-9(15)16)5-13-8(14)4-18-11(2)6-12-7-11/h12,17H,3-7H2,1-2H3,(H,13,14)(H,15,16). The van der Waals surface area contributed by atoms with E-state index >= 15 is 0 Å². The van der Waals surface area contributed by atoms with Gasteiger partial charge in [-0.3, -0.25) is 9.59 Å². The van der Waals surface area contributed by atoms with Crippen molar-refractivity contribution in [1.82, 2.24) is 10.6 Å². The van der Waals surface area contributed by atoms with Crippen LogP contribution in [-0.4, -0.2) is 59.5 Å². The molecule has 1 aliphatic heterocycles. The Hall–Kier alpha value is -1.18. The summed E-state index contributed by atoms with van der Waals surface area (Å²) < 4.78 is 5.40. The van der Waals surface area contributed by atoms with Gasteiger partial charge in [0.1, 0.15) is 6.61 Å². The van der Waals surface area contributed by atoms with Crippen LogP contribution in [0.3, 0.4) is 0 Å². The number of amides is 1. The lowest BCUT2D eigenvalue weighted by molar-refractivity contribution is -0.143. The third-order valence-electron chi connectivity index (χ3n) is 2.75. The molecule has 1 saturated heterocycles. The van der Waals surface area contributed by atoms with Crippen LogP contribution in [0.15, 0.2) is 0 Å². The van der Waals surface area contributed by atoms with E-state index in [1.54, 1.807) is 0 Å². The molecule has 7 nitrogen and oxygen atoms in total. The predicted molar refractivity (Wildman–Crippen MR) is 63.1 cm³/mol. The van der Waals surface area contributed by atoms with Crippen molar-refractivity contribution < 1.29 is 24.5 Å². The second-order valence-electron chi connectivity index (χ2n) is 5.19. The number of aliphatic carboxylic acids is 1. The Morgan fingerprint density at radius 2 is 2.11 bits per heavy atom. The maximum Gasteiger partial charge on any atom is 0.306 e. The topological polar surface area (TPSA) is 108 Å². The number of hydrogen-bond acceptors (Lipinski definition) is 5. The van der Waals surface area contributed by atoms with Gasteiger partial charge in [-0.25, -0.2) is 0 Å². The Bertz CT molecular complexity index is 325. The Kier molecular flexibility index (Phi) is 4.66. The normalized spacial score (nSPS) is 20.6. The summed E-state index contributed by atoms with van der Waals surface area (Å²) in [6.45, 7) is 4.46. The van der Waals surface area contributed by atoms with Crippen molar-refractivity contribution in [3.63, 3.8) is 0 Å². The molecule has 4 N–H and O–H groups in total. The first-order valence-electron chi connectivity index (χ1n) is 5.78. The van der Waals surface area contributed by atoms with E-state index in [2.05, 4.69) is 10.6 Å². The van der Waals surface area contributed by atoms with Gasteiger partial charge in [0.2, 0.25) is 5.91 Å². The van der Waals surface area contributed by atoms with Crippen molar-refractivity contribution in [1.29, 1.82) is 0 Å². The highest BCUT2D eigenvalue weighted by atomic mass is 16.5. The van der Waals surface area contributed by atoms with E-state index < -0.39 is 18.0 Å². The highest BCUT2D eigenvalue weighted by Gasteiger charge is 2.33. The fourth-order valence-electron chi connectivity index (χ4n) is 1.55. The molecule has 1 unspecified atom stereocenters. The third-order valence-corrected chi connectivity index (χ3v) is 2.75. The number of aliphatic hydroxyl groups is 1. The second-order valence-corrected chi connectivity index (χ2v) is 5.19. The summed E-state index contributed by atoms with van der Waals surface area (Å²) in [5, 5.41) is 23.7. The van der Waals surface area contributed by atoms with Crippen molar-refractivity contribution in [2.45, 2.75) is 31.5 Å². The van der Waals surface area contributed by atoms with E-state index in [0.29, 0.717) is 13.1 Å². The molecule has 1 aliphatic rings. The minimum Gasteiger partial charge on any atom is -0.481 e. The fraction of sp³-hybridized carbons (Fsp3) is 0.818. The molecule has 0 aromatic rings. The van der Waals surface area contributed by atoms with Gasteiger partial charge in [-0.2, -0.15) is 0 Å². The summed E-state index contributed by atoms with van der Waals surface area (Å²) in [7, 11) is 0. The molecule has 0 aromatic carbocycles. The Balaban J connectivity index is 2.21. The van der Waals surface area contributed by atoms with Crippen LogP contribution in [0.1, 0.15) is 20.3 Å². The maximum atomic E-state index is 11.4. The van der Waals surface area contributed by atoms with Crippen molar-refractivity contribution in [3.8, 4) is 0 Å². The zero-order chi connectivity index (χ0) is 13.8. The molecular formula is C11H20N2O5. The summed E-state index contributed by atoms with van der Waals surface area (Å²) >= 11 is 0. The molecule has 0 saturated carbocycles. The van der Waals surface area contributed by atoms with Crippen LogP contribution in [0, 0.1) is 0 Å². The van der Waals surface area contributed by atoms with Crippen molar-refractivity contribution in [3.05, 3.63) is 0 Å². The second kappa shape index (κ2) is 5.64. The van der Waals surface area contributed by atoms with E-state index in [1.165, 1.54) is 6.92 Å². The van der Waals surface area contributed by atoms with E-state index in [0.717, 1.165) is 0 Å². The molecule has 0 radical (unpaired) electrons. The number of carboxylic acids is 1. The zero-order valence-corrected chi connectivity index (χ0v) is 10.7. The average molecular weight is 260 g/mol. The SMILES string of the molecule is CC(O)(CNC(=O)COC1(C)CNC1)CC(=O)O. The minimum atomic E-state index is -1.45. The molecule has 0 bridgehead atoms. The summed E-state index contributed by atoms with van der Waals surface area (Å²) in [6.07, 6.45) is -0.421. The number of carboxylic acid groups (broad SMARTS) is 1. The average Bonchev–Trinajstić information content (AvgIpc) is 2.19. The van der Waals surface area contributed by atoms with Crippen LogP contribution in [0.25, 0.3) is 0 Å². The van der Waals surface area contributed by atoms with Crippen molar-refractivity contribution >= 4 is 11.9 Å². The summed E-state index contributed by atoms with van der Waals surface area (Å²) in [5.74, 6) is -1.48. The zero-order valence-electron chi connectivity index (χ0n) is 10.7. The first-order chi connectivity index (χ1) is 8.22. The Morgan fingerprint density at radius 3 is 2.56 bits per heavy atom. The van der Waals surface area contributed by atoms with Gasteiger partial charge in [-0.1, -0.05) is 0 Å². The quantitative estimate of drug-likeness (QED) is 0.453. The van der Waals surface area contributed by atoms with Crippen LogP contribution < -0.4 is 10.6 Å². The number of hydrogen-bond donors (Lipinski definition) is 4. The molecule has 0 spiro atoms. The summed E-state index contributed by atoms with van der Waals surface area (Å²) in [4.78, 5) is 21.9. The molecule has 0 aliphatic carbocycles. The van der Waals surface area contributed by atoms with Crippen LogP contribution in [0.4, 0.5) is 0 Å². The lowest BCUT2D eigenvalue weighted by Gasteiger charge is -2.38. The first kappa shape index (κ1) is 14.9. The molecule has 0 aromatic heterocycles. The van der Waals surface area contributed by atoms with Gasteiger partial charge >= 0.3 is 5.97 Å². The monoisotopic (exact) mass is 260 g/mol. The van der Waals surface area contributed by atoms with E-state index in [-0.39, 0.29) is 24.7 Å². The summed E-state index contributed by atoms with van der Waals surface area (Å²) in [6, 6.07) is 0. The number of carbonyl (C=O) groups is 2. The van der Waals surface area contributed by atoms with Crippen LogP contribution in [0.2, 0.25) is 0 Å². The fourth-order valence-corrected chi connectivity index (χ4v) is 1.55. The van der Waals surface area contributed by atoms with Crippen molar-refractivity contribution in [2.75, 3.05) is 26.2 Å². The van der Waals surface area contributed by atoms with Gasteiger partial charge in [0.15, 0.2) is 0 Å². The highest BCUT2D eigenvalue weighted by Crippen LogP contribution is 2.14. The third kappa shape index (κ3) is 4.99. The van der Waals surface area contributed by atoms with E-state index in [1.807, 2.05) is 6.92 Å². The number of rotatable bonds is 7. The smallest absolute Gasteiger partial charge is 0.306 e. The van der Waals surface area contributed by atoms with Crippen LogP contribution >= 0.6 is 0 Å². The van der Waals surface area contributed by atoms with Gasteiger partial charge in [0, 0.05) is 19.6 Å². The number of carbonyl (C=O) groups excluding carboxylic acids is 1. The Labute approximate surface area is 106 Å². The van der Waals surface area contributed by atoms with Crippen LogP contribution in [-0.2, 0) is 14.3 Å². The molecule has 1 fully saturated rings. The number of ether oxygens (including phenoxy) is 1. The van der Waals surface area contributed by atoms with Gasteiger partial charge < -0.3 is 25.6 Å².